The Morgan fingerprint density at radius 2 is 1.73 bits per heavy atom. The molecule has 0 aliphatic carbocycles. The number of benzene rings is 4. The van der Waals surface area contributed by atoms with Crippen molar-refractivity contribution in [2.45, 2.75) is 58.1 Å². The molecule has 0 unspecified atom stereocenters. The van der Waals surface area contributed by atoms with Gasteiger partial charge in [0.25, 0.3) is 0 Å². The molecule has 1 heterocycles. The normalized spacial score (nSPS) is 17.7. The van der Waals surface area contributed by atoms with Crippen LogP contribution in [0.25, 0.3) is 10.8 Å². The van der Waals surface area contributed by atoms with Crippen molar-refractivity contribution in [3.05, 3.63) is 112 Å². The zero-order valence-electron chi connectivity index (χ0n) is 22.0. The van der Waals surface area contributed by atoms with Crippen LogP contribution in [-0.4, -0.2) is 18.6 Å². The fourth-order valence-corrected chi connectivity index (χ4v) is 5.97. The first kappa shape index (κ1) is 25.0. The second-order valence-electron chi connectivity index (χ2n) is 10.3. The van der Waals surface area contributed by atoms with E-state index in [1.54, 1.807) is 0 Å². The van der Waals surface area contributed by atoms with Crippen LogP contribution in [0.5, 0.6) is 5.75 Å². The Hall–Kier alpha value is -3.63. The lowest BCUT2D eigenvalue weighted by atomic mass is 9.80. The number of amides is 1. The largest absolute Gasteiger partial charge is 0.490 e. The van der Waals surface area contributed by atoms with E-state index in [0.29, 0.717) is 5.56 Å². The number of carbonyl (C=O) groups excluding carboxylic acids is 1. The Bertz CT molecular complexity index is 1420. The van der Waals surface area contributed by atoms with E-state index >= 15 is 0 Å². The quantitative estimate of drug-likeness (QED) is 0.261. The van der Waals surface area contributed by atoms with Gasteiger partial charge in [-0.1, -0.05) is 72.8 Å². The van der Waals surface area contributed by atoms with Crippen LogP contribution in [-0.2, 0) is 0 Å². The molecule has 1 aliphatic heterocycles. The standard InChI is InChI=1S/C33H36N2O2/c1-21-17-18-26(22(2)32(21)33(34)36)30-20-25(37-31-16-7-6-14-29(30)31)12-9-19-35-23(3)27-15-8-11-24-10-4-5-13-28(24)27/h4-8,10-11,13-18,23,25,30,35H,9,12,19-20H2,1-3H3,(H2,34,36)/t23-,25-,30-/m1/s1. The molecule has 3 N–H and O–H groups in total. The lowest BCUT2D eigenvalue weighted by Crippen LogP contribution is -2.28. The molecule has 5 rings (SSSR count). The maximum atomic E-state index is 12.2. The van der Waals surface area contributed by atoms with Crippen molar-refractivity contribution in [2.75, 3.05) is 6.54 Å². The van der Waals surface area contributed by atoms with E-state index in [9.17, 15) is 4.79 Å². The van der Waals surface area contributed by atoms with Crippen LogP contribution in [0.3, 0.4) is 0 Å². The van der Waals surface area contributed by atoms with Crippen molar-refractivity contribution in [2.24, 2.45) is 5.73 Å². The second kappa shape index (κ2) is 10.8. The summed E-state index contributed by atoms with van der Waals surface area (Å²) < 4.78 is 6.45. The number of carbonyl (C=O) groups is 1. The van der Waals surface area contributed by atoms with Crippen molar-refractivity contribution in [1.82, 2.24) is 5.32 Å². The summed E-state index contributed by atoms with van der Waals surface area (Å²) in [7, 11) is 0. The molecule has 0 spiro atoms. The minimum Gasteiger partial charge on any atom is -0.490 e. The summed E-state index contributed by atoms with van der Waals surface area (Å²) in [6.07, 6.45) is 2.99. The van der Waals surface area contributed by atoms with Crippen LogP contribution in [0.4, 0.5) is 0 Å². The summed E-state index contributed by atoms with van der Waals surface area (Å²) >= 11 is 0. The average Bonchev–Trinajstić information content (AvgIpc) is 2.90. The molecule has 0 saturated carbocycles. The summed E-state index contributed by atoms with van der Waals surface area (Å²) in [6.45, 7) is 7.13. The van der Waals surface area contributed by atoms with E-state index in [2.05, 4.69) is 79.0 Å². The minimum atomic E-state index is -0.361. The third-order valence-electron chi connectivity index (χ3n) is 7.87. The van der Waals surface area contributed by atoms with Gasteiger partial charge in [0.2, 0.25) is 5.91 Å². The van der Waals surface area contributed by atoms with Gasteiger partial charge in [0.15, 0.2) is 0 Å². The van der Waals surface area contributed by atoms with Gasteiger partial charge in [0.1, 0.15) is 5.75 Å². The SMILES string of the molecule is Cc1ccc([C@H]2C[C@@H](CCCN[C@H](C)c3cccc4ccccc34)Oc3ccccc32)c(C)c1C(N)=O. The summed E-state index contributed by atoms with van der Waals surface area (Å²) in [6, 6.07) is 27.8. The molecule has 0 fully saturated rings. The highest BCUT2D eigenvalue weighted by Gasteiger charge is 2.31. The van der Waals surface area contributed by atoms with Gasteiger partial charge in [-0.2, -0.15) is 0 Å². The molecule has 0 aromatic heterocycles. The molecule has 37 heavy (non-hydrogen) atoms. The Morgan fingerprint density at radius 1 is 0.973 bits per heavy atom. The number of para-hydroxylation sites is 1. The van der Waals surface area contributed by atoms with Gasteiger partial charge >= 0.3 is 0 Å². The van der Waals surface area contributed by atoms with Gasteiger partial charge in [0, 0.05) is 23.1 Å². The molecule has 4 aromatic rings. The summed E-state index contributed by atoms with van der Waals surface area (Å²) in [5, 5.41) is 6.31. The van der Waals surface area contributed by atoms with Gasteiger partial charge < -0.3 is 15.8 Å². The maximum absolute atomic E-state index is 12.2. The zero-order valence-corrected chi connectivity index (χ0v) is 22.0. The molecule has 0 saturated heterocycles. The predicted molar refractivity (Wildman–Crippen MR) is 151 cm³/mol. The molecule has 1 amide bonds. The lowest BCUT2D eigenvalue weighted by Gasteiger charge is -2.34. The van der Waals surface area contributed by atoms with E-state index in [1.807, 2.05) is 26.0 Å². The zero-order chi connectivity index (χ0) is 25.9. The molecule has 4 heteroatoms. The number of primary amides is 1. The third kappa shape index (κ3) is 5.12. The monoisotopic (exact) mass is 492 g/mol. The highest BCUT2D eigenvalue weighted by molar-refractivity contribution is 5.96. The van der Waals surface area contributed by atoms with E-state index in [0.717, 1.165) is 42.7 Å². The molecule has 4 nitrogen and oxygen atoms in total. The first-order valence-corrected chi connectivity index (χ1v) is 13.3. The molecule has 0 bridgehead atoms. The number of rotatable bonds is 8. The molecule has 190 valence electrons. The van der Waals surface area contributed by atoms with Gasteiger partial charge in [-0.3, -0.25) is 4.79 Å². The molecule has 3 atom stereocenters. The van der Waals surface area contributed by atoms with Gasteiger partial charge in [0.05, 0.1) is 6.10 Å². The van der Waals surface area contributed by atoms with Crippen LogP contribution in [0.2, 0.25) is 0 Å². The summed E-state index contributed by atoms with van der Waals surface area (Å²) in [4.78, 5) is 12.2. The average molecular weight is 493 g/mol. The Morgan fingerprint density at radius 3 is 2.57 bits per heavy atom. The van der Waals surface area contributed by atoms with Gasteiger partial charge in [-0.15, -0.1) is 0 Å². The van der Waals surface area contributed by atoms with Crippen molar-refractivity contribution >= 4 is 16.7 Å². The molecular formula is C33H36N2O2. The first-order chi connectivity index (χ1) is 17.9. The highest BCUT2D eigenvalue weighted by Crippen LogP contribution is 2.43. The number of nitrogens with one attached hydrogen (secondary N) is 1. The smallest absolute Gasteiger partial charge is 0.249 e. The third-order valence-corrected chi connectivity index (χ3v) is 7.87. The van der Waals surface area contributed by atoms with Crippen molar-refractivity contribution in [1.29, 1.82) is 0 Å². The van der Waals surface area contributed by atoms with Crippen molar-refractivity contribution < 1.29 is 9.53 Å². The van der Waals surface area contributed by atoms with Crippen LogP contribution in [0.1, 0.15) is 76.3 Å². The maximum Gasteiger partial charge on any atom is 0.249 e. The summed E-state index contributed by atoms with van der Waals surface area (Å²) in [5.41, 5.74) is 12.0. The summed E-state index contributed by atoms with van der Waals surface area (Å²) in [5.74, 6) is 0.762. The number of fused-ring (bicyclic) bond motifs is 2. The van der Waals surface area contributed by atoms with Crippen molar-refractivity contribution in [3.8, 4) is 5.75 Å². The number of hydrogen-bond acceptors (Lipinski definition) is 3. The van der Waals surface area contributed by atoms with Crippen LogP contribution in [0.15, 0.2) is 78.9 Å². The number of nitrogens with two attached hydrogens (primary N) is 1. The number of aryl methyl sites for hydroxylation is 1. The Balaban J connectivity index is 1.28. The molecular weight excluding hydrogens is 456 g/mol. The number of ether oxygens (including phenoxy) is 1. The fourth-order valence-electron chi connectivity index (χ4n) is 5.97. The van der Waals surface area contributed by atoms with Crippen LogP contribution < -0.4 is 15.8 Å². The number of hydrogen-bond donors (Lipinski definition) is 2. The van der Waals surface area contributed by atoms with Crippen LogP contribution in [0, 0.1) is 13.8 Å². The highest BCUT2D eigenvalue weighted by atomic mass is 16.5. The molecule has 1 aliphatic rings. The lowest BCUT2D eigenvalue weighted by molar-refractivity contribution is 0.0999. The Kier molecular flexibility index (Phi) is 7.29. The van der Waals surface area contributed by atoms with Crippen LogP contribution >= 0.6 is 0 Å². The first-order valence-electron chi connectivity index (χ1n) is 13.3. The minimum absolute atomic E-state index is 0.118. The Labute approximate surface area is 219 Å². The van der Waals surface area contributed by atoms with E-state index in [-0.39, 0.29) is 24.0 Å². The predicted octanol–water partition coefficient (Wildman–Crippen LogP) is 6.97. The molecule has 4 aromatic carbocycles. The topological polar surface area (TPSA) is 64.3 Å². The van der Waals surface area contributed by atoms with E-state index < -0.39 is 0 Å². The van der Waals surface area contributed by atoms with E-state index in [4.69, 9.17) is 10.5 Å². The molecule has 0 radical (unpaired) electrons. The van der Waals surface area contributed by atoms with E-state index in [1.165, 1.54) is 27.5 Å². The van der Waals surface area contributed by atoms with Crippen molar-refractivity contribution in [3.63, 3.8) is 0 Å². The van der Waals surface area contributed by atoms with Gasteiger partial charge in [-0.25, -0.2) is 0 Å². The second-order valence-corrected chi connectivity index (χ2v) is 10.3. The fraction of sp³-hybridized carbons (Fsp3) is 0.303. The van der Waals surface area contributed by atoms with Gasteiger partial charge in [-0.05, 0) is 85.7 Å².